The van der Waals surface area contributed by atoms with Gasteiger partial charge in [-0.25, -0.2) is 13.1 Å². The highest BCUT2D eigenvalue weighted by atomic mass is 32.2. The van der Waals surface area contributed by atoms with Crippen LogP contribution in [0.25, 0.3) is 0 Å². The first-order chi connectivity index (χ1) is 6.45. The average Bonchev–Trinajstić information content (AvgIpc) is 2.48. The van der Waals surface area contributed by atoms with Crippen molar-refractivity contribution in [3.05, 3.63) is 12.0 Å². The molecule has 1 aromatic rings. The van der Waals surface area contributed by atoms with E-state index in [1.807, 2.05) is 0 Å². The van der Waals surface area contributed by atoms with E-state index in [0.29, 0.717) is 5.69 Å². The van der Waals surface area contributed by atoms with Crippen LogP contribution < -0.4 is 4.72 Å². The van der Waals surface area contributed by atoms with Crippen LogP contribution in [-0.4, -0.2) is 18.7 Å². The number of hydrogen-bond donors (Lipinski definition) is 1. The van der Waals surface area contributed by atoms with E-state index in [9.17, 15) is 8.42 Å². The summed E-state index contributed by atoms with van der Waals surface area (Å²) in [5, 5.41) is 7.29. The maximum atomic E-state index is 11.3. The van der Waals surface area contributed by atoms with Crippen LogP contribution in [0.4, 0.5) is 6.01 Å². The zero-order chi connectivity index (χ0) is 10.8. The Balaban J connectivity index is 2.85. The molecule has 0 saturated heterocycles. The molecule has 1 rings (SSSR count). The number of nitrogens with zero attached hydrogens (tertiary/aromatic N) is 2. The molecule has 0 aliphatic carbocycles. The summed E-state index contributed by atoms with van der Waals surface area (Å²) in [5.41, 5.74) is 0.562. The number of sulfonamides is 1. The molecule has 0 bridgehead atoms. The third-order valence-electron chi connectivity index (χ3n) is 1.50. The minimum absolute atomic E-state index is 0.121. The van der Waals surface area contributed by atoms with E-state index in [-0.39, 0.29) is 6.01 Å². The van der Waals surface area contributed by atoms with Gasteiger partial charge in [-0.3, -0.25) is 0 Å². The first-order valence-corrected chi connectivity index (χ1v) is 5.33. The molecular formula is C7H9N3O3S. The van der Waals surface area contributed by atoms with Crippen molar-refractivity contribution in [2.45, 2.75) is 19.1 Å². The fourth-order valence-corrected chi connectivity index (χ4v) is 1.33. The smallest absolute Gasteiger partial charge is 0.308 e. The lowest BCUT2D eigenvalue weighted by Crippen LogP contribution is -2.23. The molecule has 0 aromatic carbocycles. The lowest BCUT2D eigenvalue weighted by molar-refractivity contribution is 0.568. The molecule has 1 atom stereocenters. The average molecular weight is 215 g/mol. The van der Waals surface area contributed by atoms with Crippen molar-refractivity contribution in [2.75, 3.05) is 4.72 Å². The van der Waals surface area contributed by atoms with Crippen molar-refractivity contribution < 1.29 is 12.8 Å². The quantitative estimate of drug-likeness (QED) is 0.797. The molecule has 0 aliphatic rings. The van der Waals surface area contributed by atoms with Gasteiger partial charge < -0.3 is 4.42 Å². The van der Waals surface area contributed by atoms with Gasteiger partial charge in [0.2, 0.25) is 0 Å². The number of aryl methyl sites for hydroxylation is 1. The van der Waals surface area contributed by atoms with E-state index in [4.69, 9.17) is 9.68 Å². The Bertz CT molecular complexity index is 457. The van der Waals surface area contributed by atoms with Crippen molar-refractivity contribution in [3.8, 4) is 6.07 Å². The molecule has 0 aliphatic heterocycles. The highest BCUT2D eigenvalue weighted by molar-refractivity contribution is 7.93. The van der Waals surface area contributed by atoms with Crippen molar-refractivity contribution >= 4 is 16.0 Å². The summed E-state index contributed by atoms with van der Waals surface area (Å²) in [6.07, 6.45) is 1.31. The maximum Gasteiger partial charge on any atom is 0.308 e. The van der Waals surface area contributed by atoms with Gasteiger partial charge in [-0.2, -0.15) is 10.2 Å². The molecule has 7 heteroatoms. The van der Waals surface area contributed by atoms with Crippen LogP contribution in [0.2, 0.25) is 0 Å². The number of aromatic nitrogens is 1. The van der Waals surface area contributed by atoms with Gasteiger partial charge in [0.15, 0.2) is 5.25 Å². The van der Waals surface area contributed by atoms with E-state index >= 15 is 0 Å². The van der Waals surface area contributed by atoms with Crippen molar-refractivity contribution in [2.24, 2.45) is 0 Å². The summed E-state index contributed by atoms with van der Waals surface area (Å²) in [5.74, 6) is 0. The summed E-state index contributed by atoms with van der Waals surface area (Å²) in [7, 11) is -3.72. The number of anilines is 1. The Morgan fingerprint density at radius 3 is 2.79 bits per heavy atom. The first-order valence-electron chi connectivity index (χ1n) is 3.79. The van der Waals surface area contributed by atoms with Crippen molar-refractivity contribution in [3.63, 3.8) is 0 Å². The van der Waals surface area contributed by atoms with Crippen molar-refractivity contribution in [1.82, 2.24) is 4.98 Å². The van der Waals surface area contributed by atoms with Crippen LogP contribution in [0, 0.1) is 18.3 Å². The number of nitrogens with one attached hydrogen (secondary N) is 1. The van der Waals surface area contributed by atoms with Gasteiger partial charge >= 0.3 is 6.01 Å². The molecule has 0 saturated carbocycles. The molecule has 0 spiro atoms. The minimum Gasteiger partial charge on any atom is -0.431 e. The third-order valence-corrected chi connectivity index (χ3v) is 2.99. The predicted octanol–water partition coefficient (Wildman–Crippen LogP) is 0.637. The van der Waals surface area contributed by atoms with Gasteiger partial charge in [-0.05, 0) is 13.8 Å². The molecule has 0 radical (unpaired) electrons. The van der Waals surface area contributed by atoms with E-state index in [2.05, 4.69) is 9.71 Å². The van der Waals surface area contributed by atoms with Gasteiger partial charge in [0.05, 0.1) is 11.8 Å². The second-order valence-corrected chi connectivity index (χ2v) is 4.71. The summed E-state index contributed by atoms with van der Waals surface area (Å²) < 4.78 is 29.5. The number of oxazole rings is 1. The standard InChI is InChI=1S/C7H9N3O3S/c1-5-4-13-7(9-5)10-14(11,12)6(2)3-8/h4,6H,1-2H3,(H,9,10). The van der Waals surface area contributed by atoms with Gasteiger partial charge in [-0.1, -0.05) is 0 Å². The van der Waals surface area contributed by atoms with Crippen LogP contribution >= 0.6 is 0 Å². The first kappa shape index (κ1) is 10.5. The van der Waals surface area contributed by atoms with Crippen LogP contribution in [0.15, 0.2) is 10.7 Å². The molecule has 1 unspecified atom stereocenters. The molecule has 14 heavy (non-hydrogen) atoms. The summed E-state index contributed by atoms with van der Waals surface area (Å²) in [6.45, 7) is 2.94. The highest BCUT2D eigenvalue weighted by Gasteiger charge is 2.21. The Kier molecular flexibility index (Phi) is 2.76. The van der Waals surface area contributed by atoms with E-state index < -0.39 is 15.3 Å². The second-order valence-electron chi connectivity index (χ2n) is 2.71. The summed E-state index contributed by atoms with van der Waals surface area (Å²) >= 11 is 0. The lowest BCUT2D eigenvalue weighted by atomic mass is 10.5. The van der Waals surface area contributed by atoms with Gasteiger partial charge in [0.25, 0.3) is 10.0 Å². The Morgan fingerprint density at radius 1 is 1.71 bits per heavy atom. The number of hydrogen-bond acceptors (Lipinski definition) is 5. The van der Waals surface area contributed by atoms with Gasteiger partial charge in [0.1, 0.15) is 6.26 Å². The molecule has 6 nitrogen and oxygen atoms in total. The Morgan fingerprint density at radius 2 is 2.36 bits per heavy atom. The largest absolute Gasteiger partial charge is 0.431 e. The Labute approximate surface area is 81.6 Å². The normalized spacial score (nSPS) is 13.2. The molecule has 76 valence electrons. The second kappa shape index (κ2) is 3.67. The zero-order valence-electron chi connectivity index (χ0n) is 7.68. The number of rotatable bonds is 3. The van der Waals surface area contributed by atoms with Crippen LogP contribution in [0.3, 0.4) is 0 Å². The fraction of sp³-hybridized carbons (Fsp3) is 0.429. The van der Waals surface area contributed by atoms with E-state index in [1.54, 1.807) is 13.0 Å². The van der Waals surface area contributed by atoms with E-state index in [0.717, 1.165) is 0 Å². The highest BCUT2D eigenvalue weighted by Crippen LogP contribution is 2.10. The topological polar surface area (TPSA) is 96.0 Å². The van der Waals surface area contributed by atoms with E-state index in [1.165, 1.54) is 13.2 Å². The van der Waals surface area contributed by atoms with Gasteiger partial charge in [0, 0.05) is 0 Å². The minimum atomic E-state index is -3.72. The van der Waals surface area contributed by atoms with Crippen molar-refractivity contribution in [1.29, 1.82) is 5.26 Å². The monoisotopic (exact) mass is 215 g/mol. The summed E-state index contributed by atoms with van der Waals surface area (Å²) in [6, 6.07) is 1.49. The SMILES string of the molecule is Cc1coc(NS(=O)(=O)C(C)C#N)n1. The molecule has 1 aromatic heterocycles. The summed E-state index contributed by atoms with van der Waals surface area (Å²) in [4.78, 5) is 3.75. The molecule has 1 heterocycles. The predicted molar refractivity (Wildman–Crippen MR) is 48.9 cm³/mol. The third kappa shape index (κ3) is 2.23. The zero-order valence-corrected chi connectivity index (χ0v) is 8.50. The number of nitriles is 1. The molecule has 0 fully saturated rings. The molecule has 1 N–H and O–H groups in total. The van der Waals surface area contributed by atoms with Crippen LogP contribution in [-0.2, 0) is 10.0 Å². The van der Waals surface area contributed by atoms with Crippen LogP contribution in [0.5, 0.6) is 0 Å². The maximum absolute atomic E-state index is 11.3. The van der Waals surface area contributed by atoms with Gasteiger partial charge in [-0.15, -0.1) is 0 Å². The lowest BCUT2D eigenvalue weighted by Gasteiger charge is -2.04. The fourth-order valence-electron chi connectivity index (χ4n) is 0.680. The Hall–Kier alpha value is -1.55. The molecule has 0 amide bonds. The van der Waals surface area contributed by atoms with Crippen LogP contribution in [0.1, 0.15) is 12.6 Å². The molecular weight excluding hydrogens is 206 g/mol.